The number of aryl methyl sites for hydroxylation is 1. The van der Waals surface area contributed by atoms with Gasteiger partial charge in [0, 0.05) is 56.9 Å². The molecule has 3 heterocycles. The molecule has 6 heteroatoms. The third kappa shape index (κ3) is 2.68. The highest BCUT2D eigenvalue weighted by Crippen LogP contribution is 2.38. The maximum absolute atomic E-state index is 9.74. The Balaban J connectivity index is 1.52. The summed E-state index contributed by atoms with van der Waals surface area (Å²) in [6.07, 6.45) is 3.96. The Morgan fingerprint density at radius 3 is 3.00 bits per heavy atom. The lowest BCUT2D eigenvalue weighted by Gasteiger charge is -2.16. The minimum atomic E-state index is 0.197. The second-order valence-electron chi connectivity index (χ2n) is 6.34. The highest BCUT2D eigenvalue weighted by Gasteiger charge is 2.34. The normalized spacial score (nSPS) is 23.6. The topological polar surface area (TPSA) is 59.8 Å². The number of hydrogen-bond acceptors (Lipinski definition) is 5. The first-order chi connectivity index (χ1) is 11.2. The molecule has 1 aromatic heterocycles. The van der Waals surface area contributed by atoms with Crippen molar-refractivity contribution < 1.29 is 14.6 Å². The molecule has 2 atom stereocenters. The monoisotopic (exact) mass is 315 g/mol. The lowest BCUT2D eigenvalue weighted by atomic mass is 9.92. The molecule has 0 saturated carbocycles. The Morgan fingerprint density at radius 1 is 1.30 bits per heavy atom. The fourth-order valence-electron chi connectivity index (χ4n) is 3.64. The number of aliphatic hydroxyl groups is 1. The largest absolute Gasteiger partial charge is 0.454 e. The van der Waals surface area contributed by atoms with Crippen LogP contribution in [-0.2, 0) is 13.6 Å². The van der Waals surface area contributed by atoms with E-state index in [1.807, 2.05) is 36.3 Å². The van der Waals surface area contributed by atoms with Gasteiger partial charge < -0.3 is 14.6 Å². The third-order valence-corrected chi connectivity index (χ3v) is 4.78. The van der Waals surface area contributed by atoms with Crippen LogP contribution in [-0.4, -0.2) is 46.3 Å². The molecule has 2 aromatic rings. The summed E-state index contributed by atoms with van der Waals surface area (Å²) in [5.74, 6) is 2.25. The first kappa shape index (κ1) is 14.5. The first-order valence-corrected chi connectivity index (χ1v) is 7.94. The molecule has 1 N–H and O–H groups in total. The summed E-state index contributed by atoms with van der Waals surface area (Å²) in [7, 11) is 1.93. The zero-order valence-electron chi connectivity index (χ0n) is 13.2. The van der Waals surface area contributed by atoms with Crippen molar-refractivity contribution in [3.63, 3.8) is 0 Å². The van der Waals surface area contributed by atoms with Gasteiger partial charge in [-0.1, -0.05) is 12.1 Å². The van der Waals surface area contributed by atoms with Crippen LogP contribution < -0.4 is 9.47 Å². The van der Waals surface area contributed by atoms with E-state index in [2.05, 4.69) is 16.1 Å². The van der Waals surface area contributed by atoms with Crippen molar-refractivity contribution in [1.82, 2.24) is 14.7 Å². The predicted octanol–water partition coefficient (Wildman–Crippen LogP) is 1.36. The average Bonchev–Trinajstić information content (AvgIpc) is 3.26. The number of benzene rings is 1. The average molecular weight is 315 g/mol. The molecule has 1 fully saturated rings. The lowest BCUT2D eigenvalue weighted by molar-refractivity contribution is 0.172. The van der Waals surface area contributed by atoms with Gasteiger partial charge in [-0.2, -0.15) is 5.10 Å². The number of para-hydroxylation sites is 1. The van der Waals surface area contributed by atoms with Crippen molar-refractivity contribution in [1.29, 1.82) is 0 Å². The van der Waals surface area contributed by atoms with Gasteiger partial charge in [0.25, 0.3) is 0 Å². The van der Waals surface area contributed by atoms with Crippen molar-refractivity contribution in [2.24, 2.45) is 13.0 Å². The molecule has 1 saturated heterocycles. The Morgan fingerprint density at radius 2 is 2.22 bits per heavy atom. The van der Waals surface area contributed by atoms with E-state index in [9.17, 15) is 5.11 Å². The Hall–Kier alpha value is -2.05. The fourth-order valence-corrected chi connectivity index (χ4v) is 3.64. The van der Waals surface area contributed by atoms with Crippen molar-refractivity contribution in [2.45, 2.75) is 12.5 Å². The summed E-state index contributed by atoms with van der Waals surface area (Å²) in [4.78, 5) is 2.37. The molecule has 0 spiro atoms. The number of hydrogen-bond donors (Lipinski definition) is 1. The molecular formula is C17H21N3O3. The van der Waals surface area contributed by atoms with Crippen LogP contribution in [0.15, 0.2) is 30.6 Å². The van der Waals surface area contributed by atoms with Gasteiger partial charge in [0.2, 0.25) is 6.79 Å². The van der Waals surface area contributed by atoms with Gasteiger partial charge in [0.15, 0.2) is 11.5 Å². The van der Waals surface area contributed by atoms with Crippen LogP contribution in [0.2, 0.25) is 0 Å². The summed E-state index contributed by atoms with van der Waals surface area (Å²) >= 11 is 0. The first-order valence-electron chi connectivity index (χ1n) is 7.94. The second kappa shape index (κ2) is 5.86. The number of fused-ring (bicyclic) bond motifs is 1. The minimum Gasteiger partial charge on any atom is -0.454 e. The van der Waals surface area contributed by atoms with E-state index in [1.165, 1.54) is 5.56 Å². The number of likely N-dealkylation sites (tertiary alicyclic amines) is 1. The predicted molar refractivity (Wildman–Crippen MR) is 84.4 cm³/mol. The van der Waals surface area contributed by atoms with Gasteiger partial charge in [-0.05, 0) is 11.6 Å². The van der Waals surface area contributed by atoms with Crippen LogP contribution in [0.3, 0.4) is 0 Å². The van der Waals surface area contributed by atoms with Crippen LogP contribution in [0.5, 0.6) is 11.5 Å². The standard InChI is InChI=1S/C17H21N3O3/c1-19-6-13(5-18-19)15-9-20(8-14(15)10-21)7-12-3-2-4-16-17(12)23-11-22-16/h2-6,14-15,21H,7-11H2,1H3/t14-,15-/m0/s1. The maximum Gasteiger partial charge on any atom is 0.231 e. The van der Waals surface area contributed by atoms with Crippen LogP contribution >= 0.6 is 0 Å². The van der Waals surface area contributed by atoms with Gasteiger partial charge in [-0.15, -0.1) is 0 Å². The summed E-state index contributed by atoms with van der Waals surface area (Å²) in [6.45, 7) is 3.09. The van der Waals surface area contributed by atoms with Gasteiger partial charge in [0.05, 0.1) is 6.20 Å². The summed E-state index contributed by atoms with van der Waals surface area (Å²) in [5, 5.41) is 14.0. The number of nitrogens with zero attached hydrogens (tertiary/aromatic N) is 3. The smallest absolute Gasteiger partial charge is 0.231 e. The van der Waals surface area contributed by atoms with E-state index in [1.54, 1.807) is 0 Å². The molecule has 2 aliphatic rings. The number of rotatable bonds is 4. The van der Waals surface area contributed by atoms with Gasteiger partial charge >= 0.3 is 0 Å². The lowest BCUT2D eigenvalue weighted by Crippen LogP contribution is -2.21. The van der Waals surface area contributed by atoms with E-state index in [0.717, 1.165) is 36.7 Å². The second-order valence-corrected chi connectivity index (χ2v) is 6.34. The Bertz CT molecular complexity index is 700. The summed E-state index contributed by atoms with van der Waals surface area (Å²) in [6, 6.07) is 6.02. The van der Waals surface area contributed by atoms with Crippen molar-refractivity contribution >= 4 is 0 Å². The molecule has 0 radical (unpaired) electrons. The number of aliphatic hydroxyl groups excluding tert-OH is 1. The molecule has 2 aliphatic heterocycles. The van der Waals surface area contributed by atoms with Crippen molar-refractivity contribution in [2.75, 3.05) is 26.5 Å². The molecule has 1 aromatic carbocycles. The zero-order chi connectivity index (χ0) is 15.8. The van der Waals surface area contributed by atoms with Crippen LogP contribution in [0.1, 0.15) is 17.0 Å². The highest BCUT2D eigenvalue weighted by molar-refractivity contribution is 5.48. The molecule has 6 nitrogen and oxygen atoms in total. The van der Waals surface area contributed by atoms with E-state index in [0.29, 0.717) is 12.7 Å². The minimum absolute atomic E-state index is 0.197. The Labute approximate surface area is 135 Å². The van der Waals surface area contributed by atoms with Crippen molar-refractivity contribution in [3.8, 4) is 11.5 Å². The molecule has 0 aliphatic carbocycles. The fraction of sp³-hybridized carbons (Fsp3) is 0.471. The van der Waals surface area contributed by atoms with E-state index >= 15 is 0 Å². The number of ether oxygens (including phenoxy) is 2. The van der Waals surface area contributed by atoms with Crippen LogP contribution in [0.4, 0.5) is 0 Å². The quantitative estimate of drug-likeness (QED) is 0.923. The van der Waals surface area contributed by atoms with Gasteiger partial charge in [-0.25, -0.2) is 0 Å². The van der Waals surface area contributed by atoms with E-state index in [-0.39, 0.29) is 12.5 Å². The maximum atomic E-state index is 9.74. The van der Waals surface area contributed by atoms with Crippen LogP contribution in [0.25, 0.3) is 0 Å². The molecule has 0 unspecified atom stereocenters. The third-order valence-electron chi connectivity index (χ3n) is 4.78. The highest BCUT2D eigenvalue weighted by atomic mass is 16.7. The van der Waals surface area contributed by atoms with Crippen molar-refractivity contribution in [3.05, 3.63) is 41.7 Å². The zero-order valence-corrected chi connectivity index (χ0v) is 13.2. The van der Waals surface area contributed by atoms with E-state index in [4.69, 9.17) is 9.47 Å². The molecule has 0 amide bonds. The number of aromatic nitrogens is 2. The summed E-state index contributed by atoms with van der Waals surface area (Å²) < 4.78 is 12.9. The van der Waals surface area contributed by atoms with Gasteiger partial charge in [0.1, 0.15) is 0 Å². The molecule has 4 rings (SSSR count). The molecular weight excluding hydrogens is 294 g/mol. The summed E-state index contributed by atoms with van der Waals surface area (Å²) in [5.41, 5.74) is 2.34. The van der Waals surface area contributed by atoms with Crippen LogP contribution in [0, 0.1) is 5.92 Å². The molecule has 122 valence electrons. The SMILES string of the molecule is Cn1cc([C@@H]2CN(Cc3cccc4c3OCO4)C[C@H]2CO)cn1. The van der Waals surface area contributed by atoms with Gasteiger partial charge in [-0.3, -0.25) is 9.58 Å². The molecule has 0 bridgehead atoms. The van der Waals surface area contributed by atoms with E-state index < -0.39 is 0 Å². The molecule has 23 heavy (non-hydrogen) atoms. The Kier molecular flexibility index (Phi) is 3.71.